The van der Waals surface area contributed by atoms with Gasteiger partial charge in [0.15, 0.2) is 5.75 Å². The Hall–Kier alpha value is -2.22. The van der Waals surface area contributed by atoms with Gasteiger partial charge in [-0.1, -0.05) is 6.07 Å². The first-order valence-electron chi connectivity index (χ1n) is 4.66. The fourth-order valence-corrected chi connectivity index (χ4v) is 1.96. The number of fused-ring (bicyclic) bond motifs is 1. The zero-order valence-electron chi connectivity index (χ0n) is 8.66. The van der Waals surface area contributed by atoms with Gasteiger partial charge in [-0.2, -0.15) is 0 Å². The molecule has 0 aliphatic heterocycles. The maximum Gasteiger partial charge on any atom is 0.282 e. The van der Waals surface area contributed by atoms with Crippen LogP contribution in [0, 0.1) is 10.1 Å². The van der Waals surface area contributed by atoms with Crippen LogP contribution >= 0.6 is 16.1 Å². The molecule has 2 aromatic rings. The van der Waals surface area contributed by atoms with E-state index in [0.29, 0.717) is 6.07 Å². The number of hydrogen-bond donors (Lipinski definition) is 1. The van der Waals surface area contributed by atoms with Crippen LogP contribution in [0.2, 0.25) is 0 Å². The number of aromatic hydroxyl groups is 1. The Morgan fingerprint density at radius 2 is 2.00 bits per heavy atom. The van der Waals surface area contributed by atoms with Crippen molar-refractivity contribution in [2.24, 2.45) is 0 Å². The number of nitrogens with zero attached hydrogens (tertiary/aromatic N) is 2. The van der Waals surface area contributed by atoms with Gasteiger partial charge in [0.25, 0.3) is 11.2 Å². The van der Waals surface area contributed by atoms with E-state index in [4.69, 9.17) is 0 Å². The summed E-state index contributed by atoms with van der Waals surface area (Å²) in [4.78, 5) is 33.5. The molecule has 8 heteroatoms. The molecule has 0 saturated heterocycles. The van der Waals surface area contributed by atoms with Gasteiger partial charge in [0.2, 0.25) is 5.43 Å². The van der Waals surface area contributed by atoms with E-state index < -0.39 is 27.3 Å². The molecule has 0 aliphatic rings. The van der Waals surface area contributed by atoms with Gasteiger partial charge < -0.3 is 5.11 Å². The van der Waals surface area contributed by atoms with Crippen LogP contribution in [0.5, 0.6) is 5.75 Å². The molecule has 0 saturated carbocycles. The third kappa shape index (κ3) is 1.76. The summed E-state index contributed by atoms with van der Waals surface area (Å²) in [5.41, 5.74) is -2.14. The standard InChI is InChI=1S/C10H5BrN2O5/c11-12-5-2-1-3-6(13(17)18)9(5)10(16)7(14)4-8(12)15/h1-4,14H. The molecular weight excluding hydrogens is 308 g/mol. The molecule has 0 atom stereocenters. The Kier molecular flexibility index (Phi) is 2.87. The Labute approximate surface area is 107 Å². The van der Waals surface area contributed by atoms with Crippen molar-refractivity contribution in [3.05, 3.63) is 55.0 Å². The van der Waals surface area contributed by atoms with Gasteiger partial charge in [0.05, 0.1) is 32.7 Å². The molecule has 0 bridgehead atoms. The number of rotatable bonds is 1. The fourth-order valence-electron chi connectivity index (χ4n) is 1.56. The molecule has 2 rings (SSSR count). The number of nitro groups is 1. The van der Waals surface area contributed by atoms with Crippen molar-refractivity contribution in [2.75, 3.05) is 0 Å². The zero-order chi connectivity index (χ0) is 13.4. The van der Waals surface area contributed by atoms with E-state index in [1.165, 1.54) is 12.1 Å². The summed E-state index contributed by atoms with van der Waals surface area (Å²) >= 11 is 2.89. The molecule has 1 aromatic heterocycles. The molecular formula is C10H5BrN2O5. The van der Waals surface area contributed by atoms with E-state index in [1.54, 1.807) is 0 Å². The van der Waals surface area contributed by atoms with Crippen molar-refractivity contribution >= 4 is 32.7 Å². The summed E-state index contributed by atoms with van der Waals surface area (Å²) in [6, 6.07) is 4.52. The Balaban J connectivity index is 3.25. The van der Waals surface area contributed by atoms with Gasteiger partial charge in [-0.3, -0.25) is 19.7 Å². The summed E-state index contributed by atoms with van der Waals surface area (Å²) in [5, 5.41) is 19.9. The first-order chi connectivity index (χ1) is 8.43. The third-order valence-corrected chi connectivity index (χ3v) is 3.07. The largest absolute Gasteiger partial charge is 0.504 e. The normalized spacial score (nSPS) is 10.5. The summed E-state index contributed by atoms with van der Waals surface area (Å²) < 4.78 is 0.885. The topological polar surface area (TPSA) is 102 Å². The maximum absolute atomic E-state index is 11.8. The molecule has 0 aliphatic carbocycles. The number of halogens is 1. The van der Waals surface area contributed by atoms with Gasteiger partial charge in [-0.15, -0.1) is 0 Å². The number of aromatic nitrogens is 1. The minimum absolute atomic E-state index is 0.0134. The summed E-state index contributed by atoms with van der Waals surface area (Å²) in [5.74, 6) is -0.836. The lowest BCUT2D eigenvalue weighted by Crippen LogP contribution is -2.07. The highest BCUT2D eigenvalue weighted by Crippen LogP contribution is 2.22. The molecule has 7 nitrogen and oxygen atoms in total. The van der Waals surface area contributed by atoms with Crippen molar-refractivity contribution in [1.29, 1.82) is 0 Å². The van der Waals surface area contributed by atoms with Crippen LogP contribution < -0.4 is 11.0 Å². The van der Waals surface area contributed by atoms with E-state index in [1.807, 2.05) is 0 Å². The van der Waals surface area contributed by atoms with Crippen LogP contribution in [0.4, 0.5) is 5.69 Å². The first-order valence-corrected chi connectivity index (χ1v) is 5.37. The Morgan fingerprint density at radius 1 is 1.33 bits per heavy atom. The third-order valence-electron chi connectivity index (χ3n) is 2.34. The minimum Gasteiger partial charge on any atom is -0.504 e. The lowest BCUT2D eigenvalue weighted by Gasteiger charge is -1.97. The van der Waals surface area contributed by atoms with Gasteiger partial charge >= 0.3 is 0 Å². The lowest BCUT2D eigenvalue weighted by molar-refractivity contribution is -0.383. The lowest BCUT2D eigenvalue weighted by atomic mass is 10.2. The van der Waals surface area contributed by atoms with Crippen LogP contribution in [-0.2, 0) is 0 Å². The first kappa shape index (κ1) is 12.2. The van der Waals surface area contributed by atoms with Crippen LogP contribution in [0.1, 0.15) is 0 Å². The second-order valence-electron chi connectivity index (χ2n) is 3.41. The molecule has 1 aromatic carbocycles. The molecule has 0 radical (unpaired) electrons. The van der Waals surface area contributed by atoms with Crippen molar-refractivity contribution in [3.63, 3.8) is 0 Å². The predicted molar refractivity (Wildman–Crippen MR) is 67.1 cm³/mol. The highest BCUT2D eigenvalue weighted by atomic mass is 79.9. The molecule has 1 N–H and O–H groups in total. The van der Waals surface area contributed by atoms with Gasteiger partial charge in [-0.05, 0) is 6.07 Å². The van der Waals surface area contributed by atoms with Crippen LogP contribution in [0.3, 0.4) is 0 Å². The summed E-state index contributed by atoms with van der Waals surface area (Å²) in [6.07, 6.45) is 0. The molecule has 18 heavy (non-hydrogen) atoms. The van der Waals surface area contributed by atoms with Crippen LogP contribution in [-0.4, -0.2) is 13.6 Å². The SMILES string of the molecule is O=c1c(O)cc(=O)n(Br)c2cccc([N+](=O)[O-])c12. The number of non-ortho nitro benzene ring substituents is 1. The van der Waals surface area contributed by atoms with E-state index in [0.717, 1.165) is 9.66 Å². The van der Waals surface area contributed by atoms with E-state index >= 15 is 0 Å². The second kappa shape index (κ2) is 4.22. The predicted octanol–water partition coefficient (Wildman–Crippen LogP) is 1.13. The average Bonchev–Trinajstić information content (AvgIpc) is 2.42. The Bertz CT molecular complexity index is 783. The minimum atomic E-state index is -0.965. The van der Waals surface area contributed by atoms with E-state index in [-0.39, 0.29) is 10.9 Å². The zero-order valence-corrected chi connectivity index (χ0v) is 10.2. The van der Waals surface area contributed by atoms with Crippen LogP contribution in [0.15, 0.2) is 33.9 Å². The second-order valence-corrected chi connectivity index (χ2v) is 4.12. The number of hydrogen-bond acceptors (Lipinski definition) is 5. The van der Waals surface area contributed by atoms with Crippen molar-refractivity contribution in [3.8, 4) is 5.75 Å². The van der Waals surface area contributed by atoms with E-state index in [2.05, 4.69) is 16.1 Å². The molecule has 0 fully saturated rings. The smallest absolute Gasteiger partial charge is 0.282 e. The number of benzene rings is 1. The quantitative estimate of drug-likeness (QED) is 0.628. The van der Waals surface area contributed by atoms with Gasteiger partial charge in [0.1, 0.15) is 5.39 Å². The van der Waals surface area contributed by atoms with Crippen molar-refractivity contribution in [1.82, 2.24) is 3.59 Å². The van der Waals surface area contributed by atoms with Gasteiger partial charge in [0, 0.05) is 6.07 Å². The van der Waals surface area contributed by atoms with E-state index in [9.17, 15) is 24.8 Å². The van der Waals surface area contributed by atoms with Crippen molar-refractivity contribution in [2.45, 2.75) is 0 Å². The molecule has 0 amide bonds. The van der Waals surface area contributed by atoms with Gasteiger partial charge in [-0.25, -0.2) is 3.59 Å². The number of nitro benzene ring substituents is 1. The van der Waals surface area contributed by atoms with Crippen LogP contribution in [0.25, 0.3) is 10.9 Å². The molecule has 1 heterocycles. The molecule has 0 unspecified atom stereocenters. The highest BCUT2D eigenvalue weighted by Gasteiger charge is 2.18. The monoisotopic (exact) mass is 312 g/mol. The molecule has 92 valence electrons. The highest BCUT2D eigenvalue weighted by molar-refractivity contribution is 9.08. The summed E-state index contributed by atoms with van der Waals surface area (Å²) in [6.45, 7) is 0. The molecule has 0 spiro atoms. The maximum atomic E-state index is 11.8. The fraction of sp³-hybridized carbons (Fsp3) is 0. The summed E-state index contributed by atoms with van der Waals surface area (Å²) in [7, 11) is 0. The van der Waals surface area contributed by atoms with Crippen molar-refractivity contribution < 1.29 is 10.0 Å². The average molecular weight is 313 g/mol. The Morgan fingerprint density at radius 3 is 2.61 bits per heavy atom.